The number of ether oxygens (including phenoxy) is 1. The Kier molecular flexibility index (Phi) is 7.65. The van der Waals surface area contributed by atoms with Crippen molar-refractivity contribution < 1.29 is 23.5 Å². The summed E-state index contributed by atoms with van der Waals surface area (Å²) in [5.74, 6) is -1.99. The molecule has 0 aliphatic carbocycles. The molecule has 176 valence electrons. The van der Waals surface area contributed by atoms with E-state index in [2.05, 4.69) is 16.0 Å². The molecule has 33 heavy (non-hydrogen) atoms. The van der Waals surface area contributed by atoms with Gasteiger partial charge in [0.15, 0.2) is 0 Å². The first-order valence-electron chi connectivity index (χ1n) is 10.8. The predicted molar refractivity (Wildman–Crippen MR) is 127 cm³/mol. The third-order valence-electron chi connectivity index (χ3n) is 5.57. The lowest BCUT2D eigenvalue weighted by molar-refractivity contribution is -0.129. The van der Waals surface area contributed by atoms with E-state index in [1.54, 1.807) is 31.4 Å². The van der Waals surface area contributed by atoms with E-state index in [0.29, 0.717) is 23.0 Å². The van der Waals surface area contributed by atoms with Crippen molar-refractivity contribution in [3.63, 3.8) is 0 Å². The largest absolute Gasteiger partial charge is 0.380 e. The maximum atomic E-state index is 14.7. The van der Waals surface area contributed by atoms with E-state index in [0.717, 1.165) is 5.56 Å². The number of hydrogen-bond donors (Lipinski definition) is 3. The monoisotopic (exact) mass is 471 g/mol. The van der Waals surface area contributed by atoms with E-state index in [1.807, 2.05) is 31.8 Å². The Bertz CT molecular complexity index is 1040. The summed E-state index contributed by atoms with van der Waals surface area (Å²) >= 11 is 0. The maximum absolute atomic E-state index is 14.7. The van der Waals surface area contributed by atoms with Crippen LogP contribution in [0.5, 0.6) is 0 Å². The van der Waals surface area contributed by atoms with Crippen LogP contribution in [0.15, 0.2) is 42.5 Å². The minimum Gasteiger partial charge on any atom is -0.380 e. The van der Waals surface area contributed by atoms with Gasteiger partial charge >= 0.3 is 0 Å². The Morgan fingerprint density at radius 3 is 2.42 bits per heavy atom. The molecule has 1 heterocycles. The summed E-state index contributed by atoms with van der Waals surface area (Å²) in [6.07, 6.45) is 0.0797. The van der Waals surface area contributed by atoms with Crippen LogP contribution >= 0.6 is 0 Å². The molecule has 0 saturated carbocycles. The Labute approximate surface area is 194 Å². The third-order valence-corrected chi connectivity index (χ3v) is 7.59. The van der Waals surface area contributed by atoms with E-state index >= 15 is 0 Å². The molecule has 1 unspecified atom stereocenters. The summed E-state index contributed by atoms with van der Waals surface area (Å²) in [4.78, 5) is 37.4. The molecule has 0 aromatic heterocycles. The van der Waals surface area contributed by atoms with Crippen LogP contribution in [0.25, 0.3) is 0 Å². The van der Waals surface area contributed by atoms with Gasteiger partial charge in [0.05, 0.1) is 20.6 Å². The van der Waals surface area contributed by atoms with Crippen LogP contribution in [0.1, 0.15) is 23.6 Å². The van der Waals surface area contributed by atoms with E-state index in [-0.39, 0.29) is 24.7 Å². The lowest BCUT2D eigenvalue weighted by atomic mass is 10.0. The van der Waals surface area contributed by atoms with Gasteiger partial charge in [0.2, 0.25) is 11.8 Å². The molecule has 3 N–H and O–H groups in total. The Morgan fingerprint density at radius 1 is 1.18 bits per heavy atom. The molecule has 1 saturated heterocycles. The number of rotatable bonds is 8. The van der Waals surface area contributed by atoms with Gasteiger partial charge in [-0.2, -0.15) is 0 Å². The number of hydrogen-bond acceptors (Lipinski definition) is 4. The number of anilines is 1. The average molecular weight is 472 g/mol. The Morgan fingerprint density at radius 2 is 1.88 bits per heavy atom. The maximum Gasteiger partial charge on any atom is 0.251 e. The summed E-state index contributed by atoms with van der Waals surface area (Å²) in [6.45, 7) is 6.79. The second kappa shape index (κ2) is 10.3. The minimum absolute atomic E-state index is 0.0797. The molecule has 0 bridgehead atoms. The number of nitrogens with one attached hydrogen (secondary N) is 3. The van der Waals surface area contributed by atoms with E-state index in [1.165, 1.54) is 6.07 Å². The Hall–Kier alpha value is -3.04. The van der Waals surface area contributed by atoms with Crippen molar-refractivity contribution in [2.45, 2.75) is 38.7 Å². The topological polar surface area (TPSA) is 96.5 Å². The van der Waals surface area contributed by atoms with Crippen LogP contribution in [-0.2, 0) is 25.7 Å². The van der Waals surface area contributed by atoms with Crippen molar-refractivity contribution in [1.82, 2.24) is 10.6 Å². The van der Waals surface area contributed by atoms with Crippen molar-refractivity contribution >= 4 is 36.7 Å². The number of carbonyl (C=O) groups excluding carboxylic acids is 3. The van der Waals surface area contributed by atoms with Crippen LogP contribution in [-0.4, -0.2) is 39.4 Å². The number of halogens is 1. The van der Waals surface area contributed by atoms with Gasteiger partial charge in [-0.25, -0.2) is 4.39 Å². The zero-order chi connectivity index (χ0) is 24.2. The van der Waals surface area contributed by atoms with E-state index < -0.39 is 31.8 Å². The van der Waals surface area contributed by atoms with Crippen molar-refractivity contribution in [2.24, 2.45) is 5.92 Å². The van der Waals surface area contributed by atoms with E-state index in [4.69, 9.17) is 4.74 Å². The summed E-state index contributed by atoms with van der Waals surface area (Å²) in [6, 6.07) is 10.8. The second-order valence-corrected chi connectivity index (χ2v) is 14.3. The smallest absolute Gasteiger partial charge is 0.251 e. The summed E-state index contributed by atoms with van der Waals surface area (Å²) in [7, 11) is -0.267. The quantitative estimate of drug-likeness (QED) is 0.516. The van der Waals surface area contributed by atoms with Crippen molar-refractivity contribution in [3.8, 4) is 0 Å². The molecule has 0 spiro atoms. The van der Waals surface area contributed by atoms with Gasteiger partial charge in [-0.1, -0.05) is 50.0 Å². The molecule has 3 amide bonds. The molecule has 1 aliphatic heterocycles. The van der Waals surface area contributed by atoms with Gasteiger partial charge < -0.3 is 20.7 Å². The van der Waals surface area contributed by atoms with Crippen LogP contribution in [0.2, 0.25) is 19.6 Å². The highest BCUT2D eigenvalue weighted by atomic mass is 28.3. The second-order valence-electron chi connectivity index (χ2n) is 9.26. The molecule has 2 aromatic rings. The molecule has 1 aliphatic rings. The summed E-state index contributed by atoms with van der Waals surface area (Å²) in [5, 5.41) is 8.78. The summed E-state index contributed by atoms with van der Waals surface area (Å²) < 4.78 is 19.8. The first kappa shape index (κ1) is 24.6. The lowest BCUT2D eigenvalue weighted by Crippen LogP contribution is -2.41. The standard InChI is InChI=1S/C24H30FN3O4Si/c1-32-14-15-5-7-16(8-6-15)22(28-23(30)17-11-21(29)26-13-17)24(31)27-18-9-10-20(19(25)12-18)33(2,3)4/h5-10,12,17,22H,11,13-14H2,1-4H3,(H,26,29)(H,27,31)(H,28,30)/t17-,22?/m1/s1. The predicted octanol–water partition coefficient (Wildman–Crippen LogP) is 2.45. The average Bonchev–Trinajstić information content (AvgIpc) is 3.18. The minimum atomic E-state index is -1.86. The SMILES string of the molecule is COCc1ccc(C(NC(=O)[C@H]2CNC(=O)C2)C(=O)Nc2ccc([Si](C)(C)C)c(F)c2)cc1. The molecular formula is C24H30FN3O4Si. The molecule has 9 heteroatoms. The normalized spacial score (nSPS) is 16.8. The number of carbonyl (C=O) groups is 3. The fourth-order valence-corrected chi connectivity index (χ4v) is 5.11. The van der Waals surface area contributed by atoms with Gasteiger partial charge in [-0.15, -0.1) is 0 Å². The number of benzene rings is 2. The number of methoxy groups -OCH3 is 1. The van der Waals surface area contributed by atoms with Gasteiger partial charge in [0.25, 0.3) is 5.91 Å². The Balaban J connectivity index is 1.83. The molecule has 7 nitrogen and oxygen atoms in total. The van der Waals surface area contributed by atoms with Gasteiger partial charge in [0.1, 0.15) is 11.9 Å². The molecule has 1 fully saturated rings. The van der Waals surface area contributed by atoms with Crippen LogP contribution in [0.3, 0.4) is 0 Å². The first-order chi connectivity index (χ1) is 15.6. The van der Waals surface area contributed by atoms with Crippen LogP contribution in [0.4, 0.5) is 10.1 Å². The van der Waals surface area contributed by atoms with Crippen molar-refractivity contribution in [2.75, 3.05) is 19.0 Å². The molecule has 3 rings (SSSR count). The molecular weight excluding hydrogens is 441 g/mol. The zero-order valence-corrected chi connectivity index (χ0v) is 20.3. The van der Waals surface area contributed by atoms with Gasteiger partial charge in [-0.05, 0) is 28.4 Å². The molecule has 2 atom stereocenters. The van der Waals surface area contributed by atoms with Gasteiger partial charge in [0, 0.05) is 25.8 Å². The van der Waals surface area contributed by atoms with Gasteiger partial charge in [-0.3, -0.25) is 14.4 Å². The van der Waals surface area contributed by atoms with Crippen LogP contribution in [0, 0.1) is 11.7 Å². The highest BCUT2D eigenvalue weighted by Crippen LogP contribution is 2.20. The molecule has 0 radical (unpaired) electrons. The lowest BCUT2D eigenvalue weighted by Gasteiger charge is -2.22. The number of amides is 3. The zero-order valence-electron chi connectivity index (χ0n) is 19.3. The highest BCUT2D eigenvalue weighted by molar-refractivity contribution is 6.88. The van der Waals surface area contributed by atoms with Crippen molar-refractivity contribution in [3.05, 3.63) is 59.4 Å². The molecule has 2 aromatic carbocycles. The van der Waals surface area contributed by atoms with E-state index in [9.17, 15) is 18.8 Å². The fraction of sp³-hybridized carbons (Fsp3) is 0.375. The highest BCUT2D eigenvalue weighted by Gasteiger charge is 2.32. The first-order valence-corrected chi connectivity index (χ1v) is 14.3. The third kappa shape index (κ3) is 6.26. The fourth-order valence-electron chi connectivity index (χ4n) is 3.74. The van der Waals surface area contributed by atoms with Crippen molar-refractivity contribution in [1.29, 1.82) is 0 Å². The summed E-state index contributed by atoms with van der Waals surface area (Å²) in [5.41, 5.74) is 1.80. The van der Waals surface area contributed by atoms with Crippen LogP contribution < -0.4 is 21.1 Å².